The van der Waals surface area contributed by atoms with Crippen LogP contribution in [0, 0.1) is 5.92 Å². The summed E-state index contributed by atoms with van der Waals surface area (Å²) in [5, 5.41) is 0.841. The quantitative estimate of drug-likeness (QED) is 0.837. The number of pyridine rings is 1. The molecular weight excluding hydrogens is 338 g/mol. The highest BCUT2D eigenvalue weighted by Gasteiger charge is 2.27. The number of likely N-dealkylation sites (tertiary alicyclic amines) is 1. The van der Waals surface area contributed by atoms with Crippen LogP contribution < -0.4 is 4.31 Å². The Hall–Kier alpha value is -2.15. The van der Waals surface area contributed by atoms with Gasteiger partial charge in [-0.1, -0.05) is 25.1 Å². The van der Waals surface area contributed by atoms with Crippen LogP contribution in [0.1, 0.15) is 19.8 Å². The first-order valence-electron chi connectivity index (χ1n) is 8.45. The maximum Gasteiger partial charge on any atom is 0.243 e. The van der Waals surface area contributed by atoms with Crippen molar-refractivity contribution in [2.24, 2.45) is 5.92 Å². The predicted molar refractivity (Wildman–Crippen MR) is 98.9 cm³/mol. The summed E-state index contributed by atoms with van der Waals surface area (Å²) in [7, 11) is -3.61. The van der Waals surface area contributed by atoms with Crippen molar-refractivity contribution in [3.05, 3.63) is 36.5 Å². The molecule has 0 atom stereocenters. The second kappa shape index (κ2) is 7.00. The third-order valence-electron chi connectivity index (χ3n) is 4.70. The van der Waals surface area contributed by atoms with E-state index in [2.05, 4.69) is 11.9 Å². The Morgan fingerprint density at radius 1 is 1.24 bits per heavy atom. The molecule has 1 amide bonds. The summed E-state index contributed by atoms with van der Waals surface area (Å²) in [6.45, 7) is 3.35. The van der Waals surface area contributed by atoms with Crippen LogP contribution in [-0.2, 0) is 14.8 Å². The molecule has 0 spiro atoms. The van der Waals surface area contributed by atoms with E-state index >= 15 is 0 Å². The van der Waals surface area contributed by atoms with Gasteiger partial charge in [-0.25, -0.2) is 8.42 Å². The lowest BCUT2D eigenvalue weighted by molar-refractivity contribution is -0.130. The molecule has 134 valence electrons. The standard InChI is InChI=1S/C18H23N3O3S/c1-14-8-11-20(12-9-14)17(22)13-21(25(2,23)24)16-7-3-5-15-6-4-10-19-18(15)16/h3-7,10,14H,8-9,11-13H2,1-2H3. The van der Waals surface area contributed by atoms with Crippen molar-refractivity contribution in [3.63, 3.8) is 0 Å². The van der Waals surface area contributed by atoms with Gasteiger partial charge in [-0.15, -0.1) is 0 Å². The summed E-state index contributed by atoms with van der Waals surface area (Å²) >= 11 is 0. The molecular formula is C18H23N3O3S. The highest BCUT2D eigenvalue weighted by Crippen LogP contribution is 2.27. The predicted octanol–water partition coefficient (Wildman–Crippen LogP) is 2.26. The fourth-order valence-corrected chi connectivity index (χ4v) is 4.00. The van der Waals surface area contributed by atoms with E-state index in [1.807, 2.05) is 12.1 Å². The lowest BCUT2D eigenvalue weighted by atomic mass is 9.99. The molecule has 2 aromatic rings. The van der Waals surface area contributed by atoms with Crippen molar-refractivity contribution >= 4 is 32.5 Å². The van der Waals surface area contributed by atoms with Crippen LogP contribution in [0.15, 0.2) is 36.5 Å². The van der Waals surface area contributed by atoms with Gasteiger partial charge >= 0.3 is 0 Å². The molecule has 25 heavy (non-hydrogen) atoms. The third kappa shape index (κ3) is 3.92. The zero-order valence-electron chi connectivity index (χ0n) is 14.6. The minimum absolute atomic E-state index is 0.162. The minimum atomic E-state index is -3.61. The number of nitrogens with zero attached hydrogens (tertiary/aromatic N) is 3. The molecule has 1 fully saturated rings. The number of amides is 1. The van der Waals surface area contributed by atoms with Crippen molar-refractivity contribution in [1.82, 2.24) is 9.88 Å². The summed E-state index contributed by atoms with van der Waals surface area (Å²) < 4.78 is 25.9. The number of hydrogen-bond acceptors (Lipinski definition) is 4. The first kappa shape index (κ1) is 17.7. The Morgan fingerprint density at radius 3 is 2.60 bits per heavy atom. The van der Waals surface area contributed by atoms with Crippen LogP contribution in [-0.4, -0.2) is 50.1 Å². The number of rotatable bonds is 4. The second-order valence-electron chi connectivity index (χ2n) is 6.69. The van der Waals surface area contributed by atoms with Crippen molar-refractivity contribution in [3.8, 4) is 0 Å². The largest absolute Gasteiger partial charge is 0.341 e. The Bertz CT molecular complexity index is 869. The molecule has 1 aliphatic rings. The number of hydrogen-bond donors (Lipinski definition) is 0. The summed E-state index contributed by atoms with van der Waals surface area (Å²) in [6, 6.07) is 9.03. The number of carbonyl (C=O) groups is 1. The average molecular weight is 361 g/mol. The number of piperidine rings is 1. The molecule has 0 saturated carbocycles. The number of fused-ring (bicyclic) bond motifs is 1. The molecule has 0 unspecified atom stereocenters. The lowest BCUT2D eigenvalue weighted by Gasteiger charge is -2.32. The van der Waals surface area contributed by atoms with Crippen LogP contribution in [0.2, 0.25) is 0 Å². The van der Waals surface area contributed by atoms with Crippen LogP contribution in [0.5, 0.6) is 0 Å². The second-order valence-corrected chi connectivity index (χ2v) is 8.59. The van der Waals surface area contributed by atoms with E-state index in [-0.39, 0.29) is 12.5 Å². The fraction of sp³-hybridized carbons (Fsp3) is 0.444. The molecule has 0 aliphatic carbocycles. The van der Waals surface area contributed by atoms with Gasteiger partial charge in [-0.05, 0) is 30.9 Å². The van der Waals surface area contributed by atoms with Gasteiger partial charge in [0.25, 0.3) is 0 Å². The average Bonchev–Trinajstić information content (AvgIpc) is 2.59. The van der Waals surface area contributed by atoms with Gasteiger partial charge in [-0.3, -0.25) is 14.1 Å². The molecule has 7 heteroatoms. The molecule has 3 rings (SSSR count). The van der Waals surface area contributed by atoms with Gasteiger partial charge in [0.1, 0.15) is 6.54 Å². The fourth-order valence-electron chi connectivity index (χ4n) is 3.15. The van der Waals surface area contributed by atoms with Crippen LogP contribution in [0.3, 0.4) is 0 Å². The van der Waals surface area contributed by atoms with Crippen LogP contribution >= 0.6 is 0 Å². The third-order valence-corrected chi connectivity index (χ3v) is 5.82. The van der Waals surface area contributed by atoms with E-state index < -0.39 is 10.0 Å². The number of anilines is 1. The molecule has 0 N–H and O–H groups in total. The summed E-state index contributed by atoms with van der Waals surface area (Å²) in [5.41, 5.74) is 1.02. The Kier molecular flexibility index (Phi) is 4.94. The zero-order valence-corrected chi connectivity index (χ0v) is 15.4. The van der Waals surface area contributed by atoms with Crippen molar-refractivity contribution in [2.75, 3.05) is 30.2 Å². The number of aromatic nitrogens is 1. The monoisotopic (exact) mass is 361 g/mol. The number of sulfonamides is 1. The SMILES string of the molecule is CC1CCN(C(=O)CN(c2cccc3cccnc23)S(C)(=O)=O)CC1. The maximum absolute atomic E-state index is 12.7. The molecule has 1 aromatic carbocycles. The Morgan fingerprint density at radius 2 is 1.92 bits per heavy atom. The van der Waals surface area contributed by atoms with Gasteiger partial charge in [0.2, 0.25) is 15.9 Å². The lowest BCUT2D eigenvalue weighted by Crippen LogP contribution is -2.45. The molecule has 0 bridgehead atoms. The van der Waals surface area contributed by atoms with E-state index in [0.717, 1.165) is 24.5 Å². The van der Waals surface area contributed by atoms with Crippen molar-refractivity contribution in [1.29, 1.82) is 0 Å². The number of para-hydroxylation sites is 1. The van der Waals surface area contributed by atoms with Gasteiger partial charge in [0.15, 0.2) is 0 Å². The number of carbonyl (C=O) groups excluding carboxylic acids is 1. The van der Waals surface area contributed by atoms with Crippen molar-refractivity contribution in [2.45, 2.75) is 19.8 Å². The van der Waals surface area contributed by atoms with Gasteiger partial charge in [0.05, 0.1) is 17.5 Å². The van der Waals surface area contributed by atoms with Crippen LogP contribution in [0.25, 0.3) is 10.9 Å². The van der Waals surface area contributed by atoms with E-state index in [1.54, 1.807) is 29.3 Å². The summed E-state index contributed by atoms with van der Waals surface area (Å²) in [5.74, 6) is 0.447. The summed E-state index contributed by atoms with van der Waals surface area (Å²) in [6.07, 6.45) is 4.67. The smallest absolute Gasteiger partial charge is 0.243 e. The normalized spacial score (nSPS) is 16.2. The molecule has 6 nitrogen and oxygen atoms in total. The van der Waals surface area contributed by atoms with E-state index in [9.17, 15) is 13.2 Å². The molecule has 1 saturated heterocycles. The topological polar surface area (TPSA) is 70.6 Å². The minimum Gasteiger partial charge on any atom is -0.341 e. The van der Waals surface area contributed by atoms with Crippen molar-refractivity contribution < 1.29 is 13.2 Å². The van der Waals surface area contributed by atoms with E-state index in [4.69, 9.17) is 0 Å². The Labute approximate surface area is 148 Å². The molecule has 2 heterocycles. The van der Waals surface area contributed by atoms with E-state index in [0.29, 0.717) is 30.2 Å². The number of benzene rings is 1. The van der Waals surface area contributed by atoms with Gasteiger partial charge in [-0.2, -0.15) is 0 Å². The molecule has 0 radical (unpaired) electrons. The van der Waals surface area contributed by atoms with Gasteiger partial charge in [0, 0.05) is 24.7 Å². The molecule has 1 aromatic heterocycles. The van der Waals surface area contributed by atoms with Gasteiger partial charge < -0.3 is 4.90 Å². The van der Waals surface area contributed by atoms with E-state index in [1.165, 1.54) is 4.31 Å². The first-order chi connectivity index (χ1) is 11.9. The Balaban J connectivity index is 1.92. The first-order valence-corrected chi connectivity index (χ1v) is 10.3. The maximum atomic E-state index is 12.7. The zero-order chi connectivity index (χ0) is 18.0. The summed E-state index contributed by atoms with van der Waals surface area (Å²) in [4.78, 5) is 18.7. The highest BCUT2D eigenvalue weighted by molar-refractivity contribution is 7.92. The van der Waals surface area contributed by atoms with Crippen LogP contribution in [0.4, 0.5) is 5.69 Å². The molecule has 1 aliphatic heterocycles. The highest BCUT2D eigenvalue weighted by atomic mass is 32.2.